The van der Waals surface area contributed by atoms with Crippen LogP contribution in [0.25, 0.3) is 11.1 Å². The Morgan fingerprint density at radius 1 is 1.26 bits per heavy atom. The standard InChI is InChI=1S/C20H26N4O3/c1-6-15(19-13(4)22-24(7-2)14(19)5)21-18(25)11-23-16-10-12(3)8-9-17(16)27-20(23)26/h8-10,15H,6-7,11H2,1-5H3,(H,21,25)/t15-/m1/s1. The van der Waals surface area contributed by atoms with Crippen LogP contribution in [-0.2, 0) is 17.9 Å². The Morgan fingerprint density at radius 2 is 2.00 bits per heavy atom. The summed E-state index contributed by atoms with van der Waals surface area (Å²) in [6.45, 7) is 10.7. The van der Waals surface area contributed by atoms with Gasteiger partial charge in [0.25, 0.3) is 0 Å². The van der Waals surface area contributed by atoms with Gasteiger partial charge in [-0.3, -0.25) is 14.0 Å². The Balaban J connectivity index is 1.85. The number of carbonyl (C=O) groups excluding carboxylic acids is 1. The first-order valence-corrected chi connectivity index (χ1v) is 9.28. The molecule has 0 aliphatic carbocycles. The second-order valence-corrected chi connectivity index (χ2v) is 6.85. The Morgan fingerprint density at radius 3 is 2.63 bits per heavy atom. The minimum atomic E-state index is -0.523. The number of amides is 1. The van der Waals surface area contributed by atoms with Gasteiger partial charge in [-0.05, 0) is 51.8 Å². The second kappa shape index (κ2) is 7.42. The summed E-state index contributed by atoms with van der Waals surface area (Å²) < 4.78 is 8.56. The molecule has 1 aromatic carbocycles. The Bertz CT molecular complexity index is 1040. The highest BCUT2D eigenvalue weighted by molar-refractivity contribution is 5.80. The maximum Gasteiger partial charge on any atom is 0.420 e. The third-order valence-corrected chi connectivity index (χ3v) is 4.95. The number of rotatable bonds is 6. The van der Waals surface area contributed by atoms with Gasteiger partial charge in [0.05, 0.1) is 17.3 Å². The van der Waals surface area contributed by atoms with Gasteiger partial charge in [-0.15, -0.1) is 0 Å². The molecule has 3 rings (SSSR count). The van der Waals surface area contributed by atoms with Crippen molar-refractivity contribution in [3.63, 3.8) is 0 Å². The van der Waals surface area contributed by atoms with E-state index in [1.54, 1.807) is 6.07 Å². The molecule has 2 heterocycles. The molecule has 0 spiro atoms. The van der Waals surface area contributed by atoms with E-state index in [1.807, 2.05) is 51.4 Å². The maximum absolute atomic E-state index is 12.7. The third-order valence-electron chi connectivity index (χ3n) is 4.95. The molecule has 1 N–H and O–H groups in total. The minimum absolute atomic E-state index is 0.0776. The third kappa shape index (κ3) is 3.54. The van der Waals surface area contributed by atoms with Crippen molar-refractivity contribution in [3.05, 3.63) is 51.3 Å². The lowest BCUT2D eigenvalue weighted by Gasteiger charge is -2.18. The zero-order valence-corrected chi connectivity index (χ0v) is 16.5. The van der Waals surface area contributed by atoms with Gasteiger partial charge in [0.15, 0.2) is 5.58 Å². The van der Waals surface area contributed by atoms with Crippen molar-refractivity contribution in [1.29, 1.82) is 0 Å². The topological polar surface area (TPSA) is 82.1 Å². The fourth-order valence-corrected chi connectivity index (χ4v) is 3.61. The van der Waals surface area contributed by atoms with Crippen LogP contribution in [-0.4, -0.2) is 20.3 Å². The van der Waals surface area contributed by atoms with E-state index in [0.29, 0.717) is 11.1 Å². The van der Waals surface area contributed by atoms with Gasteiger partial charge in [-0.1, -0.05) is 13.0 Å². The smallest absolute Gasteiger partial charge is 0.408 e. The number of aromatic nitrogens is 3. The number of carbonyl (C=O) groups is 1. The van der Waals surface area contributed by atoms with Gasteiger partial charge >= 0.3 is 5.76 Å². The molecule has 1 amide bonds. The fraction of sp³-hybridized carbons (Fsp3) is 0.450. The molecular weight excluding hydrogens is 344 g/mol. The number of aryl methyl sites for hydroxylation is 3. The summed E-state index contributed by atoms with van der Waals surface area (Å²) in [5, 5.41) is 7.59. The number of hydrogen-bond acceptors (Lipinski definition) is 4. The lowest BCUT2D eigenvalue weighted by molar-refractivity contribution is -0.122. The van der Waals surface area contributed by atoms with Crippen molar-refractivity contribution in [1.82, 2.24) is 19.7 Å². The van der Waals surface area contributed by atoms with Crippen molar-refractivity contribution >= 4 is 17.0 Å². The van der Waals surface area contributed by atoms with Gasteiger partial charge < -0.3 is 9.73 Å². The molecule has 0 saturated carbocycles. The zero-order chi connectivity index (χ0) is 19.7. The summed E-state index contributed by atoms with van der Waals surface area (Å²) in [5.74, 6) is -0.749. The van der Waals surface area contributed by atoms with E-state index in [9.17, 15) is 9.59 Å². The summed E-state index contributed by atoms with van der Waals surface area (Å²) >= 11 is 0. The molecule has 7 nitrogen and oxygen atoms in total. The first-order valence-electron chi connectivity index (χ1n) is 9.28. The predicted molar refractivity (Wildman–Crippen MR) is 104 cm³/mol. The molecule has 2 aromatic heterocycles. The van der Waals surface area contributed by atoms with Crippen molar-refractivity contribution in [3.8, 4) is 0 Å². The van der Waals surface area contributed by atoms with Crippen molar-refractivity contribution in [2.45, 2.75) is 60.2 Å². The Hall–Kier alpha value is -2.83. The molecule has 27 heavy (non-hydrogen) atoms. The number of hydrogen-bond donors (Lipinski definition) is 1. The molecular formula is C20H26N4O3. The van der Waals surface area contributed by atoms with Crippen LogP contribution in [0.4, 0.5) is 0 Å². The van der Waals surface area contributed by atoms with Crippen LogP contribution in [0.1, 0.15) is 48.8 Å². The molecule has 1 atom stereocenters. The number of benzene rings is 1. The minimum Gasteiger partial charge on any atom is -0.408 e. The first kappa shape index (κ1) is 18.9. The van der Waals surface area contributed by atoms with E-state index in [2.05, 4.69) is 10.4 Å². The van der Waals surface area contributed by atoms with Crippen LogP contribution < -0.4 is 11.1 Å². The van der Waals surface area contributed by atoms with Crippen LogP contribution >= 0.6 is 0 Å². The van der Waals surface area contributed by atoms with Gasteiger partial charge in [0, 0.05) is 17.8 Å². The average molecular weight is 370 g/mol. The monoisotopic (exact) mass is 370 g/mol. The highest BCUT2D eigenvalue weighted by atomic mass is 16.4. The number of fused-ring (bicyclic) bond motifs is 1. The summed E-state index contributed by atoms with van der Waals surface area (Å²) in [5.41, 5.74) is 5.15. The molecule has 7 heteroatoms. The van der Waals surface area contributed by atoms with Gasteiger partial charge in [-0.25, -0.2) is 4.79 Å². The molecule has 0 saturated heterocycles. The Labute approximate surface area is 158 Å². The maximum atomic E-state index is 12.7. The van der Waals surface area contributed by atoms with E-state index in [4.69, 9.17) is 4.42 Å². The molecule has 0 aliphatic rings. The van der Waals surface area contributed by atoms with E-state index in [1.165, 1.54) is 4.57 Å². The zero-order valence-electron chi connectivity index (χ0n) is 16.5. The number of nitrogens with zero attached hydrogens (tertiary/aromatic N) is 3. The van der Waals surface area contributed by atoms with Crippen molar-refractivity contribution < 1.29 is 9.21 Å². The van der Waals surface area contributed by atoms with Crippen LogP contribution in [0.2, 0.25) is 0 Å². The van der Waals surface area contributed by atoms with Crippen LogP contribution in [0, 0.1) is 20.8 Å². The van der Waals surface area contributed by atoms with E-state index in [0.717, 1.165) is 35.5 Å². The number of oxazole rings is 1. The molecule has 0 unspecified atom stereocenters. The van der Waals surface area contributed by atoms with Crippen molar-refractivity contribution in [2.24, 2.45) is 0 Å². The summed E-state index contributed by atoms with van der Waals surface area (Å²) in [4.78, 5) is 24.9. The summed E-state index contributed by atoms with van der Waals surface area (Å²) in [7, 11) is 0. The summed E-state index contributed by atoms with van der Waals surface area (Å²) in [6, 6.07) is 5.33. The largest absolute Gasteiger partial charge is 0.420 e. The average Bonchev–Trinajstić information content (AvgIpc) is 3.09. The molecule has 0 aliphatic heterocycles. The molecule has 144 valence electrons. The molecule has 3 aromatic rings. The lowest BCUT2D eigenvalue weighted by atomic mass is 10.0. The van der Waals surface area contributed by atoms with Gasteiger partial charge in [0.2, 0.25) is 5.91 Å². The van der Waals surface area contributed by atoms with Crippen LogP contribution in [0.15, 0.2) is 27.4 Å². The second-order valence-electron chi connectivity index (χ2n) is 6.85. The molecule has 0 fully saturated rings. The van der Waals surface area contributed by atoms with Crippen LogP contribution in [0.3, 0.4) is 0 Å². The van der Waals surface area contributed by atoms with Crippen LogP contribution in [0.5, 0.6) is 0 Å². The molecule has 0 bridgehead atoms. The lowest BCUT2D eigenvalue weighted by Crippen LogP contribution is -2.34. The van der Waals surface area contributed by atoms with Crippen molar-refractivity contribution in [2.75, 3.05) is 0 Å². The number of nitrogens with one attached hydrogen (secondary N) is 1. The highest BCUT2D eigenvalue weighted by Crippen LogP contribution is 2.24. The predicted octanol–water partition coefficient (Wildman–Crippen LogP) is 3.00. The van der Waals surface area contributed by atoms with E-state index < -0.39 is 5.76 Å². The summed E-state index contributed by atoms with van der Waals surface area (Å²) in [6.07, 6.45) is 0.739. The van der Waals surface area contributed by atoms with E-state index in [-0.39, 0.29) is 18.5 Å². The quantitative estimate of drug-likeness (QED) is 0.723. The van der Waals surface area contributed by atoms with E-state index >= 15 is 0 Å². The fourth-order valence-electron chi connectivity index (χ4n) is 3.61. The van der Waals surface area contributed by atoms with Gasteiger partial charge in [-0.2, -0.15) is 5.10 Å². The molecule has 0 radical (unpaired) electrons. The normalized spacial score (nSPS) is 12.5. The first-order chi connectivity index (χ1) is 12.8. The Kier molecular flexibility index (Phi) is 5.21. The highest BCUT2D eigenvalue weighted by Gasteiger charge is 2.22. The van der Waals surface area contributed by atoms with Gasteiger partial charge in [0.1, 0.15) is 6.54 Å². The SMILES string of the molecule is CC[C@@H](NC(=O)Cn1c(=O)oc2ccc(C)cc21)c1c(C)nn(CC)c1C.